The lowest BCUT2D eigenvalue weighted by atomic mass is 10.1. The van der Waals surface area contributed by atoms with Crippen LogP contribution in [0.1, 0.15) is 13.3 Å². The summed E-state index contributed by atoms with van der Waals surface area (Å²) >= 11 is 0. The van der Waals surface area contributed by atoms with Gasteiger partial charge in [0.25, 0.3) is 10.2 Å². The molecule has 1 fully saturated rings. The van der Waals surface area contributed by atoms with Gasteiger partial charge in [-0.15, -0.1) is 0 Å². The van der Waals surface area contributed by atoms with Crippen LogP contribution in [-0.2, 0) is 10.2 Å². The van der Waals surface area contributed by atoms with Crippen LogP contribution in [-0.4, -0.2) is 43.8 Å². The van der Waals surface area contributed by atoms with Crippen LogP contribution in [0.5, 0.6) is 0 Å². The highest BCUT2D eigenvalue weighted by molar-refractivity contribution is 7.86. The molecule has 0 bridgehead atoms. The summed E-state index contributed by atoms with van der Waals surface area (Å²) < 4.78 is 23.9. The largest absolute Gasteiger partial charge is 0.369 e. The summed E-state index contributed by atoms with van der Waals surface area (Å²) in [6, 6.07) is 0. The molecule has 0 saturated carbocycles. The van der Waals surface area contributed by atoms with E-state index in [9.17, 15) is 8.42 Å². The third-order valence-corrected chi connectivity index (χ3v) is 4.65. The standard InChI is InChI=1S/C12H21N5O2S/c1-10-9-11(15-13)3-2-4-12(10)16-5-7-17(8-6-16)20(14,18)19/h2-4,15H,5-9,13H2,1H3,(H2,14,18,19). The Kier molecular flexibility index (Phi) is 4.48. The molecule has 1 heterocycles. The first-order valence-electron chi connectivity index (χ1n) is 6.48. The highest BCUT2D eigenvalue weighted by atomic mass is 32.2. The number of hydrogen-bond donors (Lipinski definition) is 3. The molecule has 1 aliphatic heterocycles. The first-order valence-corrected chi connectivity index (χ1v) is 7.98. The zero-order chi connectivity index (χ0) is 14.8. The SMILES string of the molecule is CC1=C(N2CCN(S(N)(=O)=O)CC2)C=CC=C(NN)C1. The van der Waals surface area contributed by atoms with Crippen molar-refractivity contribution in [3.63, 3.8) is 0 Å². The molecule has 0 aromatic carbocycles. The molecule has 0 aromatic rings. The van der Waals surface area contributed by atoms with Crippen molar-refractivity contribution >= 4 is 10.2 Å². The molecular weight excluding hydrogens is 278 g/mol. The Hall–Kier alpha value is -1.35. The fourth-order valence-corrected chi connectivity index (χ4v) is 3.16. The normalized spacial score (nSPS) is 21.8. The van der Waals surface area contributed by atoms with Gasteiger partial charge < -0.3 is 10.3 Å². The van der Waals surface area contributed by atoms with Crippen molar-refractivity contribution in [2.24, 2.45) is 11.0 Å². The molecule has 2 rings (SSSR count). The van der Waals surface area contributed by atoms with Crippen molar-refractivity contribution in [2.75, 3.05) is 26.2 Å². The Labute approximate surface area is 119 Å². The highest BCUT2D eigenvalue weighted by Gasteiger charge is 2.25. The summed E-state index contributed by atoms with van der Waals surface area (Å²) in [6.45, 7) is 4.16. The fraction of sp³-hybridized carbons (Fsp3) is 0.500. The maximum absolute atomic E-state index is 11.3. The predicted molar refractivity (Wildman–Crippen MR) is 78.1 cm³/mol. The van der Waals surface area contributed by atoms with Crippen LogP contribution in [0, 0.1) is 0 Å². The van der Waals surface area contributed by atoms with Crippen LogP contribution in [0.3, 0.4) is 0 Å². The minimum atomic E-state index is -3.58. The molecule has 0 aromatic heterocycles. The Balaban J connectivity index is 2.07. The molecule has 8 heteroatoms. The molecule has 1 aliphatic carbocycles. The fourth-order valence-electron chi connectivity index (χ4n) is 2.49. The molecule has 0 spiro atoms. The van der Waals surface area contributed by atoms with Gasteiger partial charge >= 0.3 is 0 Å². The van der Waals surface area contributed by atoms with Gasteiger partial charge in [-0.3, -0.25) is 5.84 Å². The number of piperazine rings is 1. The molecule has 1 saturated heterocycles. The van der Waals surface area contributed by atoms with Crippen molar-refractivity contribution in [2.45, 2.75) is 13.3 Å². The Morgan fingerprint density at radius 3 is 2.45 bits per heavy atom. The van der Waals surface area contributed by atoms with Crippen LogP contribution in [0.2, 0.25) is 0 Å². The molecule has 0 atom stereocenters. The Morgan fingerprint density at radius 1 is 1.25 bits per heavy atom. The molecule has 0 radical (unpaired) electrons. The van der Waals surface area contributed by atoms with E-state index < -0.39 is 10.2 Å². The number of rotatable bonds is 3. The van der Waals surface area contributed by atoms with Crippen LogP contribution in [0.25, 0.3) is 0 Å². The first-order chi connectivity index (χ1) is 9.41. The van der Waals surface area contributed by atoms with Gasteiger partial charge in [-0.05, 0) is 24.6 Å². The third-order valence-electron chi connectivity index (χ3n) is 3.57. The molecule has 20 heavy (non-hydrogen) atoms. The van der Waals surface area contributed by atoms with Gasteiger partial charge in [0.15, 0.2) is 0 Å². The average molecular weight is 299 g/mol. The van der Waals surface area contributed by atoms with Crippen LogP contribution < -0.4 is 16.4 Å². The van der Waals surface area contributed by atoms with E-state index in [0.717, 1.165) is 17.8 Å². The van der Waals surface area contributed by atoms with Crippen LogP contribution in [0.15, 0.2) is 35.2 Å². The van der Waals surface area contributed by atoms with Gasteiger partial charge in [0.1, 0.15) is 0 Å². The van der Waals surface area contributed by atoms with Gasteiger partial charge in [-0.1, -0.05) is 6.08 Å². The van der Waals surface area contributed by atoms with E-state index in [-0.39, 0.29) is 0 Å². The summed E-state index contributed by atoms with van der Waals surface area (Å²) in [5, 5.41) is 5.15. The van der Waals surface area contributed by atoms with Gasteiger partial charge in [0.05, 0.1) is 0 Å². The van der Waals surface area contributed by atoms with Gasteiger partial charge in [-0.2, -0.15) is 12.7 Å². The summed E-state index contributed by atoms with van der Waals surface area (Å²) in [7, 11) is -3.58. The van der Waals surface area contributed by atoms with E-state index >= 15 is 0 Å². The van der Waals surface area contributed by atoms with Crippen molar-refractivity contribution in [1.82, 2.24) is 14.6 Å². The third kappa shape index (κ3) is 3.40. The summed E-state index contributed by atoms with van der Waals surface area (Å²) in [5.74, 6) is 5.45. The Bertz CT molecular complexity index is 556. The van der Waals surface area contributed by atoms with E-state index in [4.69, 9.17) is 11.0 Å². The zero-order valence-electron chi connectivity index (χ0n) is 11.5. The monoisotopic (exact) mass is 299 g/mol. The highest BCUT2D eigenvalue weighted by Crippen LogP contribution is 2.22. The molecular formula is C12H21N5O2S. The first kappa shape index (κ1) is 15.0. The lowest BCUT2D eigenvalue weighted by Crippen LogP contribution is -2.50. The van der Waals surface area contributed by atoms with E-state index in [2.05, 4.69) is 17.2 Å². The average Bonchev–Trinajstić information content (AvgIpc) is 2.59. The molecule has 0 unspecified atom stereocenters. The molecule has 112 valence electrons. The second-order valence-corrected chi connectivity index (χ2v) is 6.52. The quantitative estimate of drug-likeness (QED) is 0.476. The maximum atomic E-state index is 11.3. The number of hydrogen-bond acceptors (Lipinski definition) is 5. The van der Waals surface area contributed by atoms with Crippen molar-refractivity contribution < 1.29 is 8.42 Å². The lowest BCUT2D eigenvalue weighted by Gasteiger charge is -2.35. The van der Waals surface area contributed by atoms with Gasteiger partial charge in [-0.25, -0.2) is 5.14 Å². The zero-order valence-corrected chi connectivity index (χ0v) is 12.4. The van der Waals surface area contributed by atoms with E-state index in [1.165, 1.54) is 9.88 Å². The van der Waals surface area contributed by atoms with Crippen LogP contribution >= 0.6 is 0 Å². The molecule has 2 aliphatic rings. The van der Waals surface area contributed by atoms with Crippen molar-refractivity contribution in [3.8, 4) is 0 Å². The number of nitrogens with two attached hydrogens (primary N) is 2. The van der Waals surface area contributed by atoms with Crippen molar-refractivity contribution in [3.05, 3.63) is 35.2 Å². The molecule has 5 N–H and O–H groups in total. The summed E-state index contributed by atoms with van der Waals surface area (Å²) in [4.78, 5) is 2.18. The summed E-state index contributed by atoms with van der Waals surface area (Å²) in [6.07, 6.45) is 6.69. The maximum Gasteiger partial charge on any atom is 0.277 e. The molecule has 7 nitrogen and oxygen atoms in total. The lowest BCUT2D eigenvalue weighted by molar-refractivity contribution is 0.232. The predicted octanol–water partition coefficient (Wildman–Crippen LogP) is -0.611. The summed E-state index contributed by atoms with van der Waals surface area (Å²) in [5.41, 5.74) is 5.96. The minimum absolute atomic E-state index is 0.416. The van der Waals surface area contributed by atoms with E-state index in [0.29, 0.717) is 26.2 Å². The number of nitrogens with zero attached hydrogens (tertiary/aromatic N) is 2. The number of hydrazine groups is 1. The smallest absolute Gasteiger partial charge is 0.277 e. The van der Waals surface area contributed by atoms with E-state index in [1.54, 1.807) is 0 Å². The number of allylic oxidation sites excluding steroid dienone is 4. The molecule has 0 amide bonds. The second-order valence-electron chi connectivity index (χ2n) is 4.97. The topological polar surface area (TPSA) is 105 Å². The van der Waals surface area contributed by atoms with Crippen molar-refractivity contribution in [1.29, 1.82) is 0 Å². The van der Waals surface area contributed by atoms with Gasteiger partial charge in [0.2, 0.25) is 0 Å². The Morgan fingerprint density at radius 2 is 1.90 bits per heavy atom. The van der Waals surface area contributed by atoms with Crippen LogP contribution in [0.4, 0.5) is 0 Å². The number of nitrogens with one attached hydrogen (secondary N) is 1. The van der Waals surface area contributed by atoms with Gasteiger partial charge in [0, 0.05) is 44.0 Å². The minimum Gasteiger partial charge on any atom is -0.369 e. The van der Waals surface area contributed by atoms with E-state index in [1.807, 2.05) is 18.2 Å². The second kappa shape index (κ2) is 5.96.